The molecule has 0 aromatic carbocycles. The van der Waals surface area contributed by atoms with E-state index in [2.05, 4.69) is 22.0 Å². The maximum absolute atomic E-state index is 5.11. The largest absolute Gasteiger partial charge is 0.376 e. The molecule has 46 valence electrons. The van der Waals surface area contributed by atoms with Crippen molar-refractivity contribution in [2.45, 2.75) is 18.9 Å². The lowest BCUT2D eigenvalue weighted by atomic mass is 10.3. The summed E-state index contributed by atoms with van der Waals surface area (Å²) in [4.78, 5) is 0. The molecule has 0 aromatic rings. The smallest absolute Gasteiger partial charge is 0.0885 e. The third-order valence-corrected chi connectivity index (χ3v) is 2.19. The highest BCUT2D eigenvalue weighted by atomic mass is 79.9. The molecule has 0 bridgehead atoms. The van der Waals surface area contributed by atoms with E-state index in [4.69, 9.17) is 4.74 Å². The van der Waals surface area contributed by atoms with Gasteiger partial charge in [0.15, 0.2) is 0 Å². The van der Waals surface area contributed by atoms with Gasteiger partial charge in [-0.3, -0.25) is 0 Å². The van der Waals surface area contributed by atoms with Crippen LogP contribution in [0.4, 0.5) is 0 Å². The molecule has 8 heavy (non-hydrogen) atoms. The first-order valence-electron chi connectivity index (χ1n) is 2.73. The Morgan fingerprint density at radius 2 is 2.62 bits per heavy atom. The van der Waals surface area contributed by atoms with Crippen LogP contribution in [0.15, 0.2) is 10.6 Å². The second kappa shape index (κ2) is 2.65. The molecule has 0 amide bonds. The van der Waals surface area contributed by atoms with Crippen molar-refractivity contribution in [2.24, 2.45) is 0 Å². The summed E-state index contributed by atoms with van der Waals surface area (Å²) in [6.07, 6.45) is 4.79. The summed E-state index contributed by atoms with van der Waals surface area (Å²) in [6.45, 7) is 0. The number of hydrogen-bond donors (Lipinski definition) is 0. The number of ether oxygens (including phenoxy) is 1. The molecule has 0 saturated carbocycles. The Hall–Kier alpha value is 0.180. The lowest BCUT2D eigenvalue weighted by Gasteiger charge is -2.05. The minimum atomic E-state index is 0.343. The van der Waals surface area contributed by atoms with Crippen LogP contribution >= 0.6 is 15.9 Å². The highest BCUT2D eigenvalue weighted by Gasteiger charge is 2.14. The molecule has 1 atom stereocenters. The van der Waals surface area contributed by atoms with Crippen molar-refractivity contribution in [2.75, 3.05) is 7.11 Å². The first kappa shape index (κ1) is 6.30. The Morgan fingerprint density at radius 3 is 2.88 bits per heavy atom. The molecule has 0 fully saturated rings. The van der Waals surface area contributed by atoms with Crippen molar-refractivity contribution in [3.63, 3.8) is 0 Å². The average molecular weight is 177 g/mol. The number of rotatable bonds is 1. The van der Waals surface area contributed by atoms with E-state index in [0.717, 1.165) is 12.8 Å². The van der Waals surface area contributed by atoms with Crippen molar-refractivity contribution >= 4 is 15.9 Å². The number of halogens is 1. The fourth-order valence-electron chi connectivity index (χ4n) is 0.872. The van der Waals surface area contributed by atoms with Gasteiger partial charge in [0.05, 0.1) is 6.10 Å². The zero-order valence-corrected chi connectivity index (χ0v) is 6.44. The van der Waals surface area contributed by atoms with Gasteiger partial charge in [0.1, 0.15) is 0 Å². The Morgan fingerprint density at radius 1 is 1.88 bits per heavy atom. The van der Waals surface area contributed by atoms with E-state index in [1.807, 2.05) is 0 Å². The summed E-state index contributed by atoms with van der Waals surface area (Å²) in [7, 11) is 1.74. The van der Waals surface area contributed by atoms with Crippen LogP contribution in [0.3, 0.4) is 0 Å². The molecule has 0 saturated heterocycles. The summed E-state index contributed by atoms with van der Waals surface area (Å²) < 4.78 is 6.32. The zero-order valence-electron chi connectivity index (χ0n) is 4.86. The van der Waals surface area contributed by atoms with Crippen molar-refractivity contribution in [1.29, 1.82) is 0 Å². The lowest BCUT2D eigenvalue weighted by Crippen LogP contribution is -2.04. The maximum atomic E-state index is 5.11. The monoisotopic (exact) mass is 176 g/mol. The van der Waals surface area contributed by atoms with Crippen molar-refractivity contribution in [1.82, 2.24) is 0 Å². The van der Waals surface area contributed by atoms with E-state index < -0.39 is 0 Å². The van der Waals surface area contributed by atoms with Crippen LogP contribution in [0.25, 0.3) is 0 Å². The van der Waals surface area contributed by atoms with Gasteiger partial charge in [0.2, 0.25) is 0 Å². The molecular weight excluding hydrogens is 168 g/mol. The van der Waals surface area contributed by atoms with Crippen LogP contribution in [-0.2, 0) is 4.74 Å². The predicted molar refractivity (Wildman–Crippen MR) is 37.0 cm³/mol. The summed E-state index contributed by atoms with van der Waals surface area (Å²) in [5, 5.41) is 0. The van der Waals surface area contributed by atoms with Gasteiger partial charge in [-0.2, -0.15) is 0 Å². The third kappa shape index (κ3) is 1.12. The average Bonchev–Trinajstić information content (AvgIpc) is 2.14. The van der Waals surface area contributed by atoms with Crippen LogP contribution < -0.4 is 0 Å². The molecule has 0 heterocycles. The molecule has 1 aliphatic carbocycles. The van der Waals surface area contributed by atoms with Gasteiger partial charge in [-0.1, -0.05) is 22.0 Å². The zero-order chi connectivity index (χ0) is 5.98. The van der Waals surface area contributed by atoms with E-state index in [1.165, 1.54) is 4.48 Å². The van der Waals surface area contributed by atoms with Crippen LogP contribution in [0.1, 0.15) is 12.8 Å². The summed E-state index contributed by atoms with van der Waals surface area (Å²) >= 11 is 3.40. The van der Waals surface area contributed by atoms with Gasteiger partial charge in [-0.15, -0.1) is 0 Å². The SMILES string of the molecule is CO[C@@H]1CCC=C1Br. The van der Waals surface area contributed by atoms with Crippen LogP contribution in [-0.4, -0.2) is 13.2 Å². The summed E-state index contributed by atoms with van der Waals surface area (Å²) in [5.74, 6) is 0. The molecule has 0 spiro atoms. The molecule has 0 radical (unpaired) electrons. The molecule has 1 aliphatic rings. The van der Waals surface area contributed by atoms with E-state index >= 15 is 0 Å². The third-order valence-electron chi connectivity index (χ3n) is 1.36. The standard InChI is InChI=1S/C6H9BrO/c1-8-6-4-2-3-5(6)7/h3,6H,2,4H2,1H3/t6-/m1/s1. The number of hydrogen-bond acceptors (Lipinski definition) is 1. The van der Waals surface area contributed by atoms with E-state index in [1.54, 1.807) is 7.11 Å². The quantitative estimate of drug-likeness (QED) is 0.595. The fraction of sp³-hybridized carbons (Fsp3) is 0.667. The molecule has 2 heteroatoms. The van der Waals surface area contributed by atoms with E-state index in [9.17, 15) is 0 Å². The highest BCUT2D eigenvalue weighted by Crippen LogP contribution is 2.25. The fourth-order valence-corrected chi connectivity index (χ4v) is 1.52. The minimum absolute atomic E-state index is 0.343. The number of allylic oxidation sites excluding steroid dienone is 1. The molecule has 0 N–H and O–H groups in total. The molecular formula is C6H9BrO. The first-order valence-corrected chi connectivity index (χ1v) is 3.52. The summed E-state index contributed by atoms with van der Waals surface area (Å²) in [5.41, 5.74) is 0. The van der Waals surface area contributed by atoms with Gasteiger partial charge in [-0.25, -0.2) is 0 Å². The van der Waals surface area contributed by atoms with Crippen LogP contribution in [0.5, 0.6) is 0 Å². The molecule has 0 aliphatic heterocycles. The molecule has 1 rings (SSSR count). The van der Waals surface area contributed by atoms with Crippen molar-refractivity contribution in [3.05, 3.63) is 10.6 Å². The van der Waals surface area contributed by atoms with E-state index in [-0.39, 0.29) is 0 Å². The number of methoxy groups -OCH3 is 1. The Balaban J connectivity index is 2.46. The predicted octanol–water partition coefficient (Wildman–Crippen LogP) is 2.07. The lowest BCUT2D eigenvalue weighted by molar-refractivity contribution is 0.139. The molecule has 0 aromatic heterocycles. The Bertz CT molecular complexity index is 109. The van der Waals surface area contributed by atoms with Gasteiger partial charge in [-0.05, 0) is 12.8 Å². The Kier molecular flexibility index (Phi) is 2.08. The van der Waals surface area contributed by atoms with Gasteiger partial charge in [0, 0.05) is 11.6 Å². The molecule has 0 unspecified atom stereocenters. The van der Waals surface area contributed by atoms with Crippen molar-refractivity contribution < 1.29 is 4.74 Å². The highest BCUT2D eigenvalue weighted by molar-refractivity contribution is 9.11. The maximum Gasteiger partial charge on any atom is 0.0885 e. The first-order chi connectivity index (χ1) is 3.84. The Labute approximate surface area is 57.8 Å². The van der Waals surface area contributed by atoms with Gasteiger partial charge in [0.25, 0.3) is 0 Å². The van der Waals surface area contributed by atoms with Crippen molar-refractivity contribution in [3.8, 4) is 0 Å². The second-order valence-corrected chi connectivity index (χ2v) is 2.81. The minimum Gasteiger partial charge on any atom is -0.376 e. The van der Waals surface area contributed by atoms with Crippen LogP contribution in [0, 0.1) is 0 Å². The summed E-state index contributed by atoms with van der Waals surface area (Å²) in [6, 6.07) is 0. The van der Waals surface area contributed by atoms with Gasteiger partial charge >= 0.3 is 0 Å². The second-order valence-electron chi connectivity index (χ2n) is 1.89. The van der Waals surface area contributed by atoms with Gasteiger partial charge < -0.3 is 4.74 Å². The molecule has 1 nitrogen and oxygen atoms in total. The van der Waals surface area contributed by atoms with E-state index in [0.29, 0.717) is 6.10 Å². The topological polar surface area (TPSA) is 9.23 Å². The normalized spacial score (nSPS) is 28.2. The van der Waals surface area contributed by atoms with Crippen LogP contribution in [0.2, 0.25) is 0 Å².